The van der Waals surface area contributed by atoms with Crippen molar-refractivity contribution < 1.29 is 4.74 Å². The summed E-state index contributed by atoms with van der Waals surface area (Å²) in [6.45, 7) is 8.87. The fourth-order valence-electron chi connectivity index (χ4n) is 3.04. The molecule has 0 saturated heterocycles. The van der Waals surface area contributed by atoms with Gasteiger partial charge in [0.05, 0.1) is 0 Å². The van der Waals surface area contributed by atoms with E-state index >= 15 is 0 Å². The third kappa shape index (κ3) is 4.47. The minimum Gasteiger partial charge on any atom is -0.489 e. The van der Waals surface area contributed by atoms with Crippen molar-refractivity contribution in [2.75, 3.05) is 0 Å². The predicted molar refractivity (Wildman–Crippen MR) is 90.0 cm³/mol. The van der Waals surface area contributed by atoms with Gasteiger partial charge in [0.2, 0.25) is 0 Å². The number of aryl methyl sites for hydroxylation is 1. The zero-order chi connectivity index (χ0) is 15.5. The lowest BCUT2D eigenvalue weighted by atomic mass is 9.86. The summed E-state index contributed by atoms with van der Waals surface area (Å²) in [5.74, 6) is 1.00. The van der Waals surface area contributed by atoms with Gasteiger partial charge in [-0.15, -0.1) is 0 Å². The highest BCUT2D eigenvalue weighted by Gasteiger charge is 2.22. The summed E-state index contributed by atoms with van der Waals surface area (Å²) in [5, 5.41) is 0. The smallest absolute Gasteiger partial charge is 0.122 e. The molecule has 118 valence electrons. The number of hydrogen-bond donors (Lipinski definition) is 1. The average Bonchev–Trinajstić information content (AvgIpc) is 2.39. The Bertz CT molecular complexity index is 461. The van der Waals surface area contributed by atoms with E-state index in [1.807, 2.05) is 0 Å². The average molecular weight is 289 g/mol. The maximum Gasteiger partial charge on any atom is 0.122 e. The van der Waals surface area contributed by atoms with Crippen LogP contribution in [-0.2, 0) is 5.41 Å². The molecule has 2 atom stereocenters. The summed E-state index contributed by atoms with van der Waals surface area (Å²) in [5.41, 5.74) is 9.08. The van der Waals surface area contributed by atoms with Crippen LogP contribution in [0.4, 0.5) is 0 Å². The first-order valence-electron chi connectivity index (χ1n) is 8.41. The molecule has 0 bridgehead atoms. The monoisotopic (exact) mass is 289 g/mol. The van der Waals surface area contributed by atoms with Gasteiger partial charge in [0.15, 0.2) is 0 Å². The zero-order valence-corrected chi connectivity index (χ0v) is 14.1. The van der Waals surface area contributed by atoms with Gasteiger partial charge in [-0.3, -0.25) is 0 Å². The van der Waals surface area contributed by atoms with Crippen molar-refractivity contribution in [3.8, 4) is 5.75 Å². The molecule has 0 aromatic heterocycles. The van der Waals surface area contributed by atoms with Crippen molar-refractivity contribution in [3.05, 3.63) is 29.3 Å². The molecule has 0 spiro atoms. The van der Waals surface area contributed by atoms with Gasteiger partial charge in [0.25, 0.3) is 0 Å². The van der Waals surface area contributed by atoms with E-state index in [0.717, 1.165) is 18.6 Å². The fraction of sp³-hybridized carbons (Fsp3) is 0.684. The fourth-order valence-corrected chi connectivity index (χ4v) is 3.04. The normalized spacial score (nSPS) is 24.2. The molecular weight excluding hydrogens is 258 g/mol. The zero-order valence-electron chi connectivity index (χ0n) is 14.1. The van der Waals surface area contributed by atoms with Crippen LogP contribution in [-0.4, -0.2) is 12.1 Å². The molecule has 1 saturated carbocycles. The molecular formula is C19H31NO. The highest BCUT2D eigenvalue weighted by atomic mass is 16.5. The van der Waals surface area contributed by atoms with Gasteiger partial charge in [-0.25, -0.2) is 0 Å². The van der Waals surface area contributed by atoms with Crippen LogP contribution >= 0.6 is 0 Å². The van der Waals surface area contributed by atoms with E-state index in [0.29, 0.717) is 0 Å². The summed E-state index contributed by atoms with van der Waals surface area (Å²) >= 11 is 0. The van der Waals surface area contributed by atoms with Crippen LogP contribution in [0.1, 0.15) is 70.4 Å². The Labute approximate surface area is 130 Å². The second kappa shape index (κ2) is 6.83. The van der Waals surface area contributed by atoms with Crippen molar-refractivity contribution in [1.82, 2.24) is 0 Å². The third-order valence-electron chi connectivity index (χ3n) is 4.57. The quantitative estimate of drug-likeness (QED) is 0.855. The third-order valence-corrected chi connectivity index (χ3v) is 4.57. The first-order chi connectivity index (χ1) is 9.88. The Morgan fingerprint density at radius 1 is 1.05 bits per heavy atom. The standard InChI is InChI=1S/C19H31NO/c1-14-13-15(19(2,3)4)11-12-17(14)21-18-10-8-6-5-7-9-16(18)20/h11-13,16,18H,5-10,20H2,1-4H3. The Kier molecular flexibility index (Phi) is 5.32. The second-order valence-corrected chi connectivity index (χ2v) is 7.54. The van der Waals surface area contributed by atoms with Crippen LogP contribution in [0, 0.1) is 6.92 Å². The van der Waals surface area contributed by atoms with E-state index in [1.54, 1.807) is 0 Å². The van der Waals surface area contributed by atoms with Crippen molar-refractivity contribution in [2.24, 2.45) is 5.73 Å². The summed E-state index contributed by atoms with van der Waals surface area (Å²) in [4.78, 5) is 0. The number of rotatable bonds is 2. The van der Waals surface area contributed by atoms with E-state index in [2.05, 4.69) is 45.9 Å². The molecule has 1 aliphatic rings. The molecule has 1 fully saturated rings. The summed E-state index contributed by atoms with van der Waals surface area (Å²) < 4.78 is 6.28. The first kappa shape index (κ1) is 16.4. The molecule has 2 N–H and O–H groups in total. The van der Waals surface area contributed by atoms with E-state index < -0.39 is 0 Å². The molecule has 1 aromatic carbocycles. The lowest BCUT2D eigenvalue weighted by Crippen LogP contribution is -2.39. The van der Waals surface area contributed by atoms with Gasteiger partial charge in [0.1, 0.15) is 11.9 Å². The van der Waals surface area contributed by atoms with E-state index in [-0.39, 0.29) is 17.6 Å². The number of ether oxygens (including phenoxy) is 1. The Morgan fingerprint density at radius 3 is 2.33 bits per heavy atom. The minimum absolute atomic E-state index is 0.171. The van der Waals surface area contributed by atoms with Crippen LogP contribution in [0.2, 0.25) is 0 Å². The number of nitrogens with two attached hydrogens (primary N) is 1. The van der Waals surface area contributed by atoms with Crippen LogP contribution in [0.5, 0.6) is 5.75 Å². The topological polar surface area (TPSA) is 35.2 Å². The molecule has 2 heteroatoms. The Morgan fingerprint density at radius 2 is 1.71 bits per heavy atom. The minimum atomic E-state index is 0.171. The van der Waals surface area contributed by atoms with Crippen LogP contribution in [0.3, 0.4) is 0 Å². The molecule has 2 unspecified atom stereocenters. The van der Waals surface area contributed by atoms with Crippen molar-refractivity contribution in [1.29, 1.82) is 0 Å². The van der Waals surface area contributed by atoms with E-state index in [4.69, 9.17) is 10.5 Å². The molecule has 0 radical (unpaired) electrons. The summed E-state index contributed by atoms with van der Waals surface area (Å²) in [7, 11) is 0. The Hall–Kier alpha value is -1.02. The van der Waals surface area contributed by atoms with Gasteiger partial charge in [-0.2, -0.15) is 0 Å². The molecule has 0 amide bonds. The largest absolute Gasteiger partial charge is 0.489 e. The summed E-state index contributed by atoms with van der Waals surface area (Å²) in [6, 6.07) is 6.74. The molecule has 21 heavy (non-hydrogen) atoms. The predicted octanol–water partition coefficient (Wildman–Crippen LogP) is 4.72. The lowest BCUT2D eigenvalue weighted by Gasteiger charge is -2.28. The van der Waals surface area contributed by atoms with Crippen LogP contribution < -0.4 is 10.5 Å². The molecule has 2 nitrogen and oxygen atoms in total. The SMILES string of the molecule is Cc1cc(C(C)(C)C)ccc1OC1CCCCCCC1N. The highest BCUT2D eigenvalue weighted by molar-refractivity contribution is 5.39. The first-order valence-corrected chi connectivity index (χ1v) is 8.41. The van der Waals surface area contributed by atoms with Crippen LogP contribution in [0.15, 0.2) is 18.2 Å². The van der Waals surface area contributed by atoms with Gasteiger partial charge >= 0.3 is 0 Å². The highest BCUT2D eigenvalue weighted by Crippen LogP contribution is 2.29. The van der Waals surface area contributed by atoms with E-state index in [1.165, 1.54) is 36.8 Å². The molecule has 0 heterocycles. The number of benzene rings is 1. The van der Waals surface area contributed by atoms with Crippen LogP contribution in [0.25, 0.3) is 0 Å². The van der Waals surface area contributed by atoms with Gasteiger partial charge < -0.3 is 10.5 Å². The Balaban J connectivity index is 2.11. The van der Waals surface area contributed by atoms with Gasteiger partial charge in [-0.1, -0.05) is 52.2 Å². The maximum absolute atomic E-state index is 6.32. The van der Waals surface area contributed by atoms with Gasteiger partial charge in [0, 0.05) is 6.04 Å². The molecule has 1 aliphatic carbocycles. The molecule has 1 aromatic rings. The second-order valence-electron chi connectivity index (χ2n) is 7.54. The lowest BCUT2D eigenvalue weighted by molar-refractivity contribution is 0.144. The summed E-state index contributed by atoms with van der Waals surface area (Å²) in [6.07, 6.45) is 7.45. The molecule has 0 aliphatic heterocycles. The van der Waals surface area contributed by atoms with Crippen molar-refractivity contribution in [2.45, 2.75) is 83.8 Å². The maximum atomic E-state index is 6.32. The number of hydrogen-bond acceptors (Lipinski definition) is 2. The molecule has 2 rings (SSSR count). The van der Waals surface area contributed by atoms with E-state index in [9.17, 15) is 0 Å². The van der Waals surface area contributed by atoms with Crippen molar-refractivity contribution >= 4 is 0 Å². The van der Waals surface area contributed by atoms with Gasteiger partial charge in [-0.05, 0) is 48.8 Å². The van der Waals surface area contributed by atoms with Crippen molar-refractivity contribution in [3.63, 3.8) is 0 Å².